The van der Waals surface area contributed by atoms with Crippen molar-refractivity contribution in [3.05, 3.63) is 77.2 Å². The molecule has 1 atom stereocenters. The fraction of sp³-hybridized carbons (Fsp3) is 0.300. The lowest BCUT2D eigenvalue weighted by Gasteiger charge is -2.27. The van der Waals surface area contributed by atoms with Crippen LogP contribution in [0.3, 0.4) is 0 Å². The number of aryl methyl sites for hydroxylation is 1. The monoisotopic (exact) mass is 586 g/mol. The Morgan fingerprint density at radius 2 is 1.74 bits per heavy atom. The van der Waals surface area contributed by atoms with Crippen LogP contribution in [0.4, 0.5) is 17.6 Å². The molecule has 2 heterocycles. The summed E-state index contributed by atoms with van der Waals surface area (Å²) in [5, 5.41) is 15.2. The van der Waals surface area contributed by atoms with Gasteiger partial charge in [0.2, 0.25) is 5.71 Å². The molecule has 0 aliphatic heterocycles. The molecule has 2 aromatic heterocycles. The van der Waals surface area contributed by atoms with Crippen LogP contribution in [0.15, 0.2) is 59.0 Å². The Kier molecular flexibility index (Phi) is 8.69. The molecule has 0 radical (unpaired) electrons. The molecule has 2 aromatic carbocycles. The van der Waals surface area contributed by atoms with E-state index in [1.807, 2.05) is 0 Å². The highest BCUT2D eigenvalue weighted by Crippen LogP contribution is 2.37. The van der Waals surface area contributed by atoms with Gasteiger partial charge < -0.3 is 25.9 Å². The minimum atomic E-state index is -4.47. The number of hydrogen-bond acceptors (Lipinski definition) is 6. The number of carbonyl (C=O) groups is 2. The second-order valence-electron chi connectivity index (χ2n) is 10.5. The molecule has 1 unspecified atom stereocenters. The van der Waals surface area contributed by atoms with Crippen LogP contribution in [-0.2, 0) is 6.42 Å². The van der Waals surface area contributed by atoms with Crippen LogP contribution in [0.25, 0.3) is 33.6 Å². The summed E-state index contributed by atoms with van der Waals surface area (Å²) in [5.41, 5.74) is 6.06. The van der Waals surface area contributed by atoms with Crippen molar-refractivity contribution in [3.63, 3.8) is 0 Å². The predicted molar refractivity (Wildman–Crippen MR) is 149 cm³/mol. The third-order valence-electron chi connectivity index (χ3n) is 6.91. The van der Waals surface area contributed by atoms with E-state index in [1.165, 1.54) is 49.5 Å². The van der Waals surface area contributed by atoms with E-state index < -0.39 is 48.3 Å². The van der Waals surface area contributed by atoms with Crippen molar-refractivity contribution < 1.29 is 36.7 Å². The normalized spacial score (nSPS) is 12.8. The predicted octanol–water partition coefficient (Wildman–Crippen LogP) is 5.19. The smallest absolute Gasteiger partial charge is 0.389 e. The Hall–Kier alpha value is -4.29. The maximum atomic E-state index is 13.6. The second-order valence-corrected chi connectivity index (χ2v) is 10.5. The third kappa shape index (κ3) is 6.77. The Balaban J connectivity index is 1.85. The average molecular weight is 587 g/mol. The molecule has 0 saturated heterocycles. The molecule has 0 aliphatic rings. The first-order valence-electron chi connectivity index (χ1n) is 13.0. The minimum Gasteiger partial charge on any atom is -0.437 e. The number of alkyl halides is 3. The van der Waals surface area contributed by atoms with Crippen LogP contribution in [-0.4, -0.2) is 47.9 Å². The van der Waals surface area contributed by atoms with Crippen molar-refractivity contribution in [2.75, 3.05) is 13.6 Å². The number of furan rings is 1. The Morgan fingerprint density at radius 3 is 2.36 bits per heavy atom. The SMILES string of the molecule is CNC(=O)c1c(-c2ccc(F)cc2)oc2nc(CCC(F)(F)F)c(-c3cccc(C(=O)NCC(C)(C)C(N)O)c3)cc12. The lowest BCUT2D eigenvalue weighted by Crippen LogP contribution is -2.45. The van der Waals surface area contributed by atoms with Crippen LogP contribution < -0.4 is 16.4 Å². The number of hydrogen-bond donors (Lipinski definition) is 4. The quantitative estimate of drug-likeness (QED) is 0.158. The molecule has 0 fully saturated rings. The molecular weight excluding hydrogens is 556 g/mol. The average Bonchev–Trinajstić information content (AvgIpc) is 3.32. The van der Waals surface area contributed by atoms with E-state index >= 15 is 0 Å². The van der Waals surface area contributed by atoms with Gasteiger partial charge in [-0.25, -0.2) is 9.37 Å². The molecule has 0 aliphatic carbocycles. The Bertz CT molecular complexity index is 1610. The summed E-state index contributed by atoms with van der Waals surface area (Å²) in [6, 6.07) is 12.9. The number of rotatable bonds is 9. The van der Waals surface area contributed by atoms with Gasteiger partial charge in [-0.05, 0) is 54.4 Å². The summed E-state index contributed by atoms with van der Waals surface area (Å²) < 4.78 is 59.2. The van der Waals surface area contributed by atoms with Crippen molar-refractivity contribution >= 4 is 22.9 Å². The maximum Gasteiger partial charge on any atom is 0.389 e. The lowest BCUT2D eigenvalue weighted by atomic mass is 9.91. The zero-order valence-electron chi connectivity index (χ0n) is 23.1. The lowest BCUT2D eigenvalue weighted by molar-refractivity contribution is -0.134. The largest absolute Gasteiger partial charge is 0.437 e. The van der Waals surface area contributed by atoms with Gasteiger partial charge in [-0.15, -0.1) is 0 Å². The van der Waals surface area contributed by atoms with Gasteiger partial charge in [-0.1, -0.05) is 26.0 Å². The van der Waals surface area contributed by atoms with Gasteiger partial charge in [0.15, 0.2) is 0 Å². The second kappa shape index (κ2) is 11.9. The Morgan fingerprint density at radius 1 is 1.05 bits per heavy atom. The van der Waals surface area contributed by atoms with Crippen molar-refractivity contribution in [2.24, 2.45) is 11.1 Å². The Labute approximate surface area is 238 Å². The summed E-state index contributed by atoms with van der Waals surface area (Å²) in [6.07, 6.45) is -7.30. The molecule has 4 aromatic rings. The topological polar surface area (TPSA) is 130 Å². The number of aliphatic hydroxyl groups excluding tert-OH is 1. The van der Waals surface area contributed by atoms with Crippen molar-refractivity contribution in [1.29, 1.82) is 0 Å². The first kappa shape index (κ1) is 30.7. The van der Waals surface area contributed by atoms with Crippen molar-refractivity contribution in [2.45, 2.75) is 39.1 Å². The van der Waals surface area contributed by atoms with Crippen molar-refractivity contribution in [3.8, 4) is 22.5 Å². The van der Waals surface area contributed by atoms with E-state index in [2.05, 4.69) is 15.6 Å². The summed E-state index contributed by atoms with van der Waals surface area (Å²) in [7, 11) is 1.41. The van der Waals surface area contributed by atoms with E-state index in [9.17, 15) is 32.3 Å². The molecule has 5 N–H and O–H groups in total. The number of pyridine rings is 1. The third-order valence-corrected chi connectivity index (χ3v) is 6.91. The summed E-state index contributed by atoms with van der Waals surface area (Å²) >= 11 is 0. The number of nitrogens with zero attached hydrogens (tertiary/aromatic N) is 1. The number of nitrogens with one attached hydrogen (secondary N) is 2. The van der Waals surface area contributed by atoms with E-state index in [0.29, 0.717) is 11.1 Å². The van der Waals surface area contributed by atoms with Crippen molar-refractivity contribution in [1.82, 2.24) is 15.6 Å². The highest BCUT2D eigenvalue weighted by molar-refractivity contribution is 6.11. The number of carbonyl (C=O) groups excluding carboxylic acids is 2. The van der Waals surface area contributed by atoms with E-state index in [1.54, 1.807) is 26.0 Å². The molecule has 4 rings (SSSR count). The van der Waals surface area contributed by atoms with E-state index in [0.717, 1.165) is 0 Å². The molecule has 0 saturated carbocycles. The number of benzene rings is 2. The molecular formula is C30H30F4N4O4. The first-order chi connectivity index (χ1) is 19.7. The molecule has 8 nitrogen and oxygen atoms in total. The highest BCUT2D eigenvalue weighted by atomic mass is 19.4. The zero-order chi connectivity index (χ0) is 30.8. The van der Waals surface area contributed by atoms with Crippen LogP contribution in [0, 0.1) is 11.2 Å². The standard InChI is InChI=1S/C30H30F4N4O4/c1-29(2,28(35)41)15-37-25(39)18-6-4-5-17(13-18)20-14-21-23(26(40)36-3)24(16-7-9-19(31)10-8-16)42-27(21)38-22(20)11-12-30(32,33)34/h4-10,13-14,28,41H,11-12,15,35H2,1-3H3,(H,36,40)(H,37,39). The van der Waals surface area contributed by atoms with Gasteiger partial charge in [0, 0.05) is 42.1 Å². The van der Waals surface area contributed by atoms with Gasteiger partial charge in [0.1, 0.15) is 17.8 Å². The van der Waals surface area contributed by atoms with E-state index in [4.69, 9.17) is 10.2 Å². The summed E-state index contributed by atoms with van der Waals surface area (Å²) in [5.74, 6) is -1.45. The van der Waals surface area contributed by atoms with Gasteiger partial charge in [-0.2, -0.15) is 13.2 Å². The molecule has 0 bridgehead atoms. The number of amides is 2. The fourth-order valence-corrected chi connectivity index (χ4v) is 4.26. The van der Waals surface area contributed by atoms with Gasteiger partial charge in [-0.3, -0.25) is 9.59 Å². The summed E-state index contributed by atoms with van der Waals surface area (Å²) in [4.78, 5) is 30.3. The molecule has 222 valence electrons. The summed E-state index contributed by atoms with van der Waals surface area (Å²) in [6.45, 7) is 3.42. The zero-order valence-corrected chi connectivity index (χ0v) is 23.1. The molecule has 0 spiro atoms. The number of aliphatic hydroxyl groups is 1. The van der Waals surface area contributed by atoms with E-state index in [-0.39, 0.29) is 45.8 Å². The molecule has 42 heavy (non-hydrogen) atoms. The number of fused-ring (bicyclic) bond motifs is 1. The van der Waals surface area contributed by atoms with Crippen LogP contribution in [0.1, 0.15) is 46.7 Å². The number of halogens is 4. The maximum absolute atomic E-state index is 13.6. The number of aromatic nitrogens is 1. The minimum absolute atomic E-state index is 0.0487. The van der Waals surface area contributed by atoms with Crippen LogP contribution in [0.2, 0.25) is 0 Å². The molecule has 2 amide bonds. The first-order valence-corrected chi connectivity index (χ1v) is 13.0. The highest BCUT2D eigenvalue weighted by Gasteiger charge is 2.30. The van der Waals surface area contributed by atoms with Crippen LogP contribution in [0.5, 0.6) is 0 Å². The van der Waals surface area contributed by atoms with Crippen LogP contribution >= 0.6 is 0 Å². The van der Waals surface area contributed by atoms with Gasteiger partial charge >= 0.3 is 6.18 Å². The fourth-order valence-electron chi connectivity index (χ4n) is 4.26. The van der Waals surface area contributed by atoms with Gasteiger partial charge in [0.05, 0.1) is 16.6 Å². The number of nitrogens with two attached hydrogens (primary N) is 1. The molecule has 12 heteroatoms. The van der Waals surface area contributed by atoms with Gasteiger partial charge in [0.25, 0.3) is 11.8 Å².